The Morgan fingerprint density at radius 3 is 2.26 bits per heavy atom. The van der Waals surface area contributed by atoms with E-state index in [-0.39, 0.29) is 30.6 Å². The Morgan fingerprint density at radius 1 is 1.32 bits per heavy atom. The molecule has 5 nitrogen and oxygen atoms in total. The molecule has 1 fully saturated rings. The van der Waals surface area contributed by atoms with E-state index in [0.29, 0.717) is 6.54 Å². The van der Waals surface area contributed by atoms with Crippen molar-refractivity contribution in [3.63, 3.8) is 0 Å². The number of urea groups is 1. The summed E-state index contributed by atoms with van der Waals surface area (Å²) in [4.78, 5) is 27.0. The minimum absolute atomic E-state index is 0.00379. The summed E-state index contributed by atoms with van der Waals surface area (Å²) in [7, 11) is 0. The molecule has 0 bridgehead atoms. The van der Waals surface area contributed by atoms with Crippen molar-refractivity contribution in [1.29, 1.82) is 0 Å². The Balaban J connectivity index is 2.79. The van der Waals surface area contributed by atoms with Crippen molar-refractivity contribution in [1.82, 2.24) is 9.80 Å². The van der Waals surface area contributed by atoms with E-state index in [1.807, 2.05) is 11.8 Å². The van der Waals surface area contributed by atoms with Crippen molar-refractivity contribution in [2.75, 3.05) is 6.54 Å². The van der Waals surface area contributed by atoms with Crippen LogP contribution in [-0.2, 0) is 4.79 Å². The van der Waals surface area contributed by atoms with Crippen LogP contribution in [-0.4, -0.2) is 51.6 Å². The lowest BCUT2D eigenvalue weighted by molar-refractivity contribution is -0.138. The Bertz CT molecular complexity index is 323. The highest BCUT2D eigenvalue weighted by Crippen LogP contribution is 2.24. The minimum atomic E-state index is -0.863. The molecule has 0 saturated carbocycles. The molecule has 1 N–H and O–H groups in total. The van der Waals surface area contributed by atoms with Gasteiger partial charge in [-0.3, -0.25) is 4.79 Å². The van der Waals surface area contributed by atoms with Gasteiger partial charge in [0.25, 0.3) is 0 Å². The third kappa shape index (κ3) is 3.85. The van der Waals surface area contributed by atoms with Crippen LogP contribution in [0.3, 0.4) is 0 Å². The van der Waals surface area contributed by atoms with Crippen molar-refractivity contribution in [2.45, 2.75) is 71.5 Å². The first kappa shape index (κ1) is 15.8. The van der Waals surface area contributed by atoms with Crippen LogP contribution in [0.5, 0.6) is 0 Å². The fourth-order valence-electron chi connectivity index (χ4n) is 2.95. The molecule has 19 heavy (non-hydrogen) atoms. The molecule has 1 aliphatic rings. The van der Waals surface area contributed by atoms with Gasteiger partial charge >= 0.3 is 12.0 Å². The second-order valence-corrected chi connectivity index (χ2v) is 5.55. The normalized spacial score (nSPS) is 24.9. The quantitative estimate of drug-likeness (QED) is 0.854. The number of piperidine rings is 1. The molecular formula is C14H26N2O3. The summed E-state index contributed by atoms with van der Waals surface area (Å²) in [6.07, 6.45) is 3.21. The van der Waals surface area contributed by atoms with Gasteiger partial charge in [0, 0.05) is 24.7 Å². The summed E-state index contributed by atoms with van der Waals surface area (Å²) in [5.74, 6) is -0.863. The van der Waals surface area contributed by atoms with Crippen LogP contribution in [0.15, 0.2) is 0 Å². The molecular weight excluding hydrogens is 244 g/mol. The average molecular weight is 270 g/mol. The van der Waals surface area contributed by atoms with Gasteiger partial charge in [-0.15, -0.1) is 0 Å². The van der Waals surface area contributed by atoms with Gasteiger partial charge in [0.05, 0.1) is 6.42 Å². The molecule has 110 valence electrons. The standard InChI is InChI=1S/C14H26N2O3/c1-5-15(12(4)9-13(17)18)14(19)16-10(2)7-6-8-11(16)3/h10-12H,5-9H2,1-4H3,(H,17,18)/t10-,11+,12?. The van der Waals surface area contributed by atoms with E-state index in [9.17, 15) is 9.59 Å². The first-order valence-electron chi connectivity index (χ1n) is 7.19. The predicted molar refractivity (Wildman–Crippen MR) is 74.1 cm³/mol. The van der Waals surface area contributed by atoms with E-state index in [0.717, 1.165) is 19.3 Å². The Kier molecular flexibility index (Phi) is 5.63. The third-order valence-electron chi connectivity index (χ3n) is 4.00. The predicted octanol–water partition coefficient (Wildman–Crippen LogP) is 2.55. The van der Waals surface area contributed by atoms with Crippen LogP contribution in [0, 0.1) is 0 Å². The number of carboxylic acid groups (broad SMARTS) is 1. The number of carbonyl (C=O) groups is 2. The van der Waals surface area contributed by atoms with Crippen molar-refractivity contribution in [2.24, 2.45) is 0 Å². The van der Waals surface area contributed by atoms with Crippen LogP contribution in [0.2, 0.25) is 0 Å². The SMILES string of the molecule is CCN(C(=O)N1[C@H](C)CCC[C@@H]1C)C(C)CC(=O)O. The average Bonchev–Trinajstić information content (AvgIpc) is 2.28. The smallest absolute Gasteiger partial charge is 0.320 e. The van der Waals surface area contributed by atoms with Gasteiger partial charge in [0.1, 0.15) is 0 Å². The molecule has 0 aliphatic carbocycles. The number of carbonyl (C=O) groups excluding carboxylic acids is 1. The van der Waals surface area contributed by atoms with Crippen molar-refractivity contribution in [3.8, 4) is 0 Å². The summed E-state index contributed by atoms with van der Waals surface area (Å²) < 4.78 is 0. The minimum Gasteiger partial charge on any atom is -0.481 e. The number of hydrogen-bond acceptors (Lipinski definition) is 2. The molecule has 2 amide bonds. The third-order valence-corrected chi connectivity index (χ3v) is 4.00. The lowest BCUT2D eigenvalue weighted by atomic mass is 9.98. The number of carboxylic acids is 1. The molecule has 5 heteroatoms. The Labute approximate surface area is 115 Å². The number of amides is 2. The van der Waals surface area contributed by atoms with Gasteiger partial charge in [-0.05, 0) is 47.0 Å². The van der Waals surface area contributed by atoms with Crippen LogP contribution in [0.4, 0.5) is 4.79 Å². The summed E-state index contributed by atoms with van der Waals surface area (Å²) in [5, 5.41) is 8.87. The van der Waals surface area contributed by atoms with Gasteiger partial charge in [0.15, 0.2) is 0 Å². The summed E-state index contributed by atoms with van der Waals surface area (Å²) >= 11 is 0. The largest absolute Gasteiger partial charge is 0.481 e. The molecule has 1 rings (SSSR count). The molecule has 0 aromatic carbocycles. The van der Waals surface area contributed by atoms with Crippen molar-refractivity contribution >= 4 is 12.0 Å². The fourth-order valence-corrected chi connectivity index (χ4v) is 2.95. The number of aliphatic carboxylic acids is 1. The lowest BCUT2D eigenvalue weighted by Gasteiger charge is -2.43. The van der Waals surface area contributed by atoms with E-state index in [1.54, 1.807) is 11.8 Å². The highest BCUT2D eigenvalue weighted by molar-refractivity contribution is 5.76. The van der Waals surface area contributed by atoms with Gasteiger partial charge in [0.2, 0.25) is 0 Å². The fraction of sp³-hybridized carbons (Fsp3) is 0.857. The zero-order valence-electron chi connectivity index (χ0n) is 12.4. The summed E-state index contributed by atoms with van der Waals surface area (Å²) in [6.45, 7) is 8.39. The molecule has 0 radical (unpaired) electrons. The molecule has 0 spiro atoms. The first-order chi connectivity index (χ1) is 8.88. The zero-order valence-corrected chi connectivity index (χ0v) is 12.4. The summed E-state index contributed by atoms with van der Waals surface area (Å²) in [5.41, 5.74) is 0. The molecule has 0 aromatic heterocycles. The highest BCUT2D eigenvalue weighted by Gasteiger charge is 2.33. The van der Waals surface area contributed by atoms with E-state index < -0.39 is 5.97 Å². The van der Waals surface area contributed by atoms with Gasteiger partial charge in [-0.25, -0.2) is 4.79 Å². The zero-order chi connectivity index (χ0) is 14.6. The molecule has 1 unspecified atom stereocenters. The van der Waals surface area contributed by atoms with Crippen molar-refractivity contribution < 1.29 is 14.7 Å². The van der Waals surface area contributed by atoms with Crippen LogP contribution >= 0.6 is 0 Å². The number of hydrogen-bond donors (Lipinski definition) is 1. The Hall–Kier alpha value is -1.26. The van der Waals surface area contributed by atoms with E-state index >= 15 is 0 Å². The summed E-state index contributed by atoms with van der Waals surface area (Å²) in [6, 6.07) is 0.192. The first-order valence-corrected chi connectivity index (χ1v) is 7.19. The second kappa shape index (κ2) is 6.78. The van der Waals surface area contributed by atoms with Crippen LogP contribution < -0.4 is 0 Å². The number of likely N-dealkylation sites (tertiary alicyclic amines) is 1. The molecule has 1 heterocycles. The maximum atomic E-state index is 12.6. The van der Waals surface area contributed by atoms with Crippen LogP contribution in [0.1, 0.15) is 53.4 Å². The molecule has 1 aliphatic heterocycles. The maximum Gasteiger partial charge on any atom is 0.320 e. The van der Waals surface area contributed by atoms with E-state index in [4.69, 9.17) is 5.11 Å². The second-order valence-electron chi connectivity index (χ2n) is 5.55. The molecule has 0 aromatic rings. The topological polar surface area (TPSA) is 60.9 Å². The van der Waals surface area contributed by atoms with E-state index in [1.165, 1.54) is 0 Å². The number of rotatable bonds is 4. The van der Waals surface area contributed by atoms with Gasteiger partial charge < -0.3 is 14.9 Å². The monoisotopic (exact) mass is 270 g/mol. The van der Waals surface area contributed by atoms with Gasteiger partial charge in [-0.1, -0.05) is 0 Å². The van der Waals surface area contributed by atoms with E-state index in [2.05, 4.69) is 13.8 Å². The van der Waals surface area contributed by atoms with Crippen LogP contribution in [0.25, 0.3) is 0 Å². The lowest BCUT2D eigenvalue weighted by Crippen LogP contribution is -2.55. The molecule has 1 saturated heterocycles. The van der Waals surface area contributed by atoms with Crippen molar-refractivity contribution in [3.05, 3.63) is 0 Å². The van der Waals surface area contributed by atoms with Gasteiger partial charge in [-0.2, -0.15) is 0 Å². The maximum absolute atomic E-state index is 12.6. The number of nitrogens with zero attached hydrogens (tertiary/aromatic N) is 2. The molecule has 3 atom stereocenters. The Morgan fingerprint density at radius 2 is 1.84 bits per heavy atom. The highest BCUT2D eigenvalue weighted by atomic mass is 16.4.